The van der Waals surface area contributed by atoms with E-state index in [1.54, 1.807) is 12.1 Å². The summed E-state index contributed by atoms with van der Waals surface area (Å²) in [6, 6.07) is 83.4. The van der Waals surface area contributed by atoms with Crippen LogP contribution in [0.1, 0.15) is 74.9 Å². The number of hydrogen-bond acceptors (Lipinski definition) is 8. The molecule has 0 spiro atoms. The van der Waals surface area contributed by atoms with Gasteiger partial charge in [-0.25, -0.2) is 4.39 Å². The number of hydrogen-bond donors (Lipinski definition) is 2. The molecule has 0 atom stereocenters. The standard InChI is InChI=1S/C24H20N.C19H17FN.C18H14N.C12H10N.2C5H8O2.3Ir/c1-16-4-9-19(10-5-16)21-15-24(20-11-6-17(2)7-12-20)25-23-13-8-18(3)14-22(21)23;1-13(2)10-15-11-19(14-6-4-3-5-7-14)21-18-9-8-16(20)12-17(15)18;1-14-12-18(16-10-6-3-7-11-16)19-13-17(14)15-8-4-2-5-9-15;1-10-7-8-13-12(9-10)11-5-3-2-4-6-11;2*1-4(6)3-5(2)7;;;/h4-11,13-15H,1-3H3;3-6,8-9,11-13H,10H2,1-2H3;2-10,12-13H,1H3;2-5,7-9H,1H3;2*3,6H,1-2H3;;;/q4*-1;;;;;. The van der Waals surface area contributed by atoms with Gasteiger partial charge in [0.1, 0.15) is 5.82 Å². The van der Waals surface area contributed by atoms with Gasteiger partial charge in [-0.05, 0) is 155 Å². The fraction of sp³-hybridized carbons (Fsp3) is 0.157. The first-order valence-electron chi connectivity index (χ1n) is 30.4. The predicted molar refractivity (Wildman–Crippen MR) is 376 cm³/mol. The maximum atomic E-state index is 13.5. The van der Waals surface area contributed by atoms with Gasteiger partial charge in [0.2, 0.25) is 0 Å². The van der Waals surface area contributed by atoms with Gasteiger partial charge >= 0.3 is 0 Å². The molecule has 2 N–H and O–H groups in total. The number of aliphatic hydroxyl groups is 2. The molecule has 0 aliphatic heterocycles. The Balaban J connectivity index is 0.000000254. The molecule has 0 amide bonds. The van der Waals surface area contributed by atoms with Crippen molar-refractivity contribution < 1.29 is 84.5 Å². The molecule has 0 aliphatic carbocycles. The molecule has 0 bridgehead atoms. The minimum absolute atomic E-state index is 0. The van der Waals surface area contributed by atoms with Crippen molar-refractivity contribution in [3.63, 3.8) is 0 Å². The molecular formula is C83H77FIr3N4O4-4. The third-order valence-electron chi connectivity index (χ3n) is 13.9. The van der Waals surface area contributed by atoms with Crippen molar-refractivity contribution in [1.82, 2.24) is 19.9 Å². The van der Waals surface area contributed by atoms with Crippen LogP contribution in [-0.4, -0.2) is 41.7 Å². The van der Waals surface area contributed by atoms with E-state index in [0.29, 0.717) is 5.92 Å². The Kier molecular flexibility index (Phi) is 32.9. The van der Waals surface area contributed by atoms with Crippen molar-refractivity contribution >= 4 is 33.4 Å². The van der Waals surface area contributed by atoms with Crippen LogP contribution < -0.4 is 0 Å². The first kappa shape index (κ1) is 78.6. The zero-order valence-electron chi connectivity index (χ0n) is 55.2. The summed E-state index contributed by atoms with van der Waals surface area (Å²) in [5.74, 6) is 0.166. The number of aromatic nitrogens is 4. The summed E-state index contributed by atoms with van der Waals surface area (Å²) in [5, 5.41) is 18.8. The number of allylic oxidation sites excluding steroid dienone is 4. The summed E-state index contributed by atoms with van der Waals surface area (Å²) in [6.45, 7) is 20.5. The first-order valence-corrected chi connectivity index (χ1v) is 30.4. The third kappa shape index (κ3) is 25.4. The molecule has 12 heteroatoms. The third-order valence-corrected chi connectivity index (χ3v) is 13.9. The number of rotatable bonds is 10. The van der Waals surface area contributed by atoms with Crippen molar-refractivity contribution in [2.75, 3.05) is 0 Å². The van der Waals surface area contributed by atoms with E-state index in [9.17, 15) is 14.0 Å². The minimum Gasteiger partial charge on any atom is -0.512 e. The molecule has 0 aliphatic rings. The fourth-order valence-corrected chi connectivity index (χ4v) is 9.68. The van der Waals surface area contributed by atoms with E-state index in [-0.39, 0.29) is 89.2 Å². The Labute approximate surface area is 600 Å². The Bertz CT molecular complexity index is 4400. The average Bonchev–Trinajstić information content (AvgIpc) is 0.795. The Morgan fingerprint density at radius 2 is 0.947 bits per heavy atom. The fourth-order valence-electron chi connectivity index (χ4n) is 9.68. The number of fused-ring (bicyclic) bond motifs is 2. The molecule has 0 fully saturated rings. The summed E-state index contributed by atoms with van der Waals surface area (Å²) in [7, 11) is 0. The van der Waals surface area contributed by atoms with Crippen molar-refractivity contribution in [1.29, 1.82) is 0 Å². The van der Waals surface area contributed by atoms with Crippen LogP contribution in [0, 0.1) is 70.6 Å². The first-order chi connectivity index (χ1) is 44.2. The molecule has 0 unspecified atom stereocenters. The number of nitrogens with zero attached hydrogens (tertiary/aromatic N) is 4. The van der Waals surface area contributed by atoms with Gasteiger partial charge in [-0.1, -0.05) is 122 Å². The Morgan fingerprint density at radius 3 is 1.44 bits per heavy atom. The van der Waals surface area contributed by atoms with Crippen molar-refractivity contribution in [2.45, 2.75) is 82.6 Å². The predicted octanol–water partition coefficient (Wildman–Crippen LogP) is 20.8. The number of carbonyl (C=O) groups excluding carboxylic acids is 2. The number of aliphatic hydroxyl groups excluding tert-OH is 2. The van der Waals surface area contributed by atoms with Crippen LogP contribution >= 0.6 is 0 Å². The maximum absolute atomic E-state index is 13.5. The second-order valence-corrected chi connectivity index (χ2v) is 22.7. The van der Waals surface area contributed by atoms with E-state index in [1.807, 2.05) is 116 Å². The van der Waals surface area contributed by atoms with E-state index >= 15 is 0 Å². The average molecular weight is 1790 g/mol. The number of ketones is 2. The number of benzene rings is 8. The largest absolute Gasteiger partial charge is 0.512 e. The van der Waals surface area contributed by atoms with Gasteiger partial charge in [0.15, 0.2) is 11.6 Å². The normalized spacial score (nSPS) is 10.5. The van der Waals surface area contributed by atoms with Crippen LogP contribution in [0.25, 0.3) is 89.1 Å². The van der Waals surface area contributed by atoms with E-state index in [4.69, 9.17) is 15.2 Å². The van der Waals surface area contributed by atoms with Crippen LogP contribution in [0.3, 0.4) is 0 Å². The van der Waals surface area contributed by atoms with E-state index in [2.05, 4.69) is 179 Å². The summed E-state index contributed by atoms with van der Waals surface area (Å²) in [6.07, 6.45) is 7.01. The van der Waals surface area contributed by atoms with Crippen molar-refractivity contribution in [2.24, 2.45) is 5.92 Å². The summed E-state index contributed by atoms with van der Waals surface area (Å²) >= 11 is 0. The van der Waals surface area contributed by atoms with E-state index < -0.39 is 0 Å². The molecule has 95 heavy (non-hydrogen) atoms. The van der Waals surface area contributed by atoms with Gasteiger partial charge < -0.3 is 20.2 Å². The van der Waals surface area contributed by atoms with Gasteiger partial charge in [-0.3, -0.25) is 19.6 Å². The molecule has 12 aromatic rings. The van der Waals surface area contributed by atoms with Crippen molar-refractivity contribution in [3.05, 3.63) is 312 Å². The smallest absolute Gasteiger partial charge is 0.155 e. The number of halogens is 1. The van der Waals surface area contributed by atoms with E-state index in [0.717, 1.165) is 73.4 Å². The number of aryl methyl sites for hydroxylation is 5. The summed E-state index contributed by atoms with van der Waals surface area (Å²) < 4.78 is 13.5. The molecular weight excluding hydrogens is 1710 g/mol. The molecule has 8 nitrogen and oxygen atoms in total. The SMILES string of the molecule is CC(=O)C=C(C)O.CC(=O)C=C(C)O.CC(C)Cc1cc(-c2[c-]cccc2)nc2ccc(F)cc12.Cc1c[c-]c(-c2cc(-c3ccc(C)cc3)c3cc(C)ccc3n2)cc1.Cc1cc(-c2[c-]cccc2)ncc1-c1ccccc1.Cc1ccnc(-c2[c-]cccc2)c1.[Ir].[Ir].[Ir]. The zero-order chi connectivity index (χ0) is 66.1. The van der Waals surface area contributed by atoms with Gasteiger partial charge in [-0.15, -0.1) is 143 Å². The number of pyridine rings is 4. The molecule has 3 radical (unpaired) electrons. The minimum atomic E-state index is -0.215. The van der Waals surface area contributed by atoms with Gasteiger partial charge in [0, 0.05) is 101 Å². The topological polar surface area (TPSA) is 126 Å². The van der Waals surface area contributed by atoms with Gasteiger partial charge in [0.25, 0.3) is 0 Å². The van der Waals surface area contributed by atoms with Crippen LogP contribution in [0.4, 0.5) is 4.39 Å². The Hall–Kier alpha value is -8.82. The molecule has 4 aromatic heterocycles. The van der Waals surface area contributed by atoms with Crippen molar-refractivity contribution in [3.8, 4) is 67.3 Å². The molecule has 0 saturated heterocycles. The van der Waals surface area contributed by atoms with Crippen LogP contribution in [0.15, 0.2) is 248 Å². The quantitative estimate of drug-likeness (QED) is 0.0788. The molecule has 4 heterocycles. The Morgan fingerprint density at radius 1 is 0.463 bits per heavy atom. The molecule has 0 saturated carbocycles. The number of carbonyl (C=O) groups is 2. The van der Waals surface area contributed by atoms with Crippen LogP contribution in [0.2, 0.25) is 0 Å². The zero-order valence-corrected chi connectivity index (χ0v) is 62.4. The van der Waals surface area contributed by atoms with Crippen LogP contribution in [0.5, 0.6) is 0 Å². The molecule has 12 rings (SSSR count). The monoisotopic (exact) mass is 1790 g/mol. The summed E-state index contributed by atoms with van der Waals surface area (Å²) in [5.41, 5.74) is 21.9. The second-order valence-electron chi connectivity index (χ2n) is 22.7. The van der Waals surface area contributed by atoms with Crippen LogP contribution in [-0.2, 0) is 76.3 Å². The summed E-state index contributed by atoms with van der Waals surface area (Å²) in [4.78, 5) is 38.4. The maximum Gasteiger partial charge on any atom is 0.155 e. The molecule has 8 aromatic carbocycles. The van der Waals surface area contributed by atoms with Gasteiger partial charge in [0.05, 0.1) is 22.6 Å². The van der Waals surface area contributed by atoms with E-state index in [1.165, 1.54) is 101 Å². The molecule has 491 valence electrons. The van der Waals surface area contributed by atoms with Gasteiger partial charge in [-0.2, -0.15) is 0 Å². The second kappa shape index (κ2) is 39.8.